The lowest BCUT2D eigenvalue weighted by atomic mass is 9.94. The van der Waals surface area contributed by atoms with Crippen LogP contribution in [0.3, 0.4) is 0 Å². The average Bonchev–Trinajstić information content (AvgIpc) is 3.33. The van der Waals surface area contributed by atoms with Gasteiger partial charge in [0.05, 0.1) is 18.7 Å². The number of benzene rings is 2. The summed E-state index contributed by atoms with van der Waals surface area (Å²) in [5.41, 5.74) is 3.16. The van der Waals surface area contributed by atoms with E-state index in [9.17, 15) is 4.79 Å². The molecular weight excluding hydrogens is 456 g/mol. The highest BCUT2D eigenvalue weighted by Crippen LogP contribution is 2.37. The van der Waals surface area contributed by atoms with E-state index < -0.39 is 6.04 Å². The summed E-state index contributed by atoms with van der Waals surface area (Å²) in [6, 6.07) is 14.1. The van der Waals surface area contributed by atoms with Crippen molar-refractivity contribution in [2.24, 2.45) is 0 Å². The highest BCUT2D eigenvalue weighted by Gasteiger charge is 2.35. The van der Waals surface area contributed by atoms with E-state index in [0.717, 1.165) is 28.1 Å². The van der Waals surface area contributed by atoms with Crippen LogP contribution in [-0.2, 0) is 4.74 Å². The Balaban J connectivity index is 1.71. The van der Waals surface area contributed by atoms with Gasteiger partial charge in [0.15, 0.2) is 0 Å². The molecule has 0 fully saturated rings. The lowest BCUT2D eigenvalue weighted by Gasteiger charge is -2.35. The SMILES string of the molecule is CCOCCCN1C(=O)NC(c2ccc(Cl)cc2)C(c2nc(-c3ccc(OC)cc3)no2)=C1C. The lowest BCUT2D eigenvalue weighted by molar-refractivity contribution is 0.136. The van der Waals surface area contributed by atoms with E-state index in [4.69, 9.17) is 25.6 Å². The van der Waals surface area contributed by atoms with Gasteiger partial charge in [-0.1, -0.05) is 28.9 Å². The van der Waals surface area contributed by atoms with Crippen LogP contribution in [0.2, 0.25) is 5.02 Å². The monoisotopic (exact) mass is 482 g/mol. The first-order valence-electron chi connectivity index (χ1n) is 11.1. The highest BCUT2D eigenvalue weighted by atomic mass is 35.5. The number of nitrogens with zero attached hydrogens (tertiary/aromatic N) is 3. The standard InChI is InChI=1S/C25H27ClN4O4/c1-4-33-15-5-14-30-16(2)21(22(27-25(30)31)17-6-10-19(26)11-7-17)24-28-23(29-34-24)18-8-12-20(32-3)13-9-18/h6-13,22H,4-5,14-15H2,1-3H3,(H,27,31). The number of carbonyl (C=O) groups excluding carboxylic acids is 1. The van der Waals surface area contributed by atoms with E-state index in [1.165, 1.54) is 0 Å². The molecule has 2 heterocycles. The second-order valence-electron chi connectivity index (χ2n) is 7.79. The quantitative estimate of drug-likeness (QED) is 0.415. The Morgan fingerprint density at radius 2 is 1.88 bits per heavy atom. The maximum Gasteiger partial charge on any atom is 0.322 e. The third kappa shape index (κ3) is 5.08. The number of hydrogen-bond donors (Lipinski definition) is 1. The molecule has 4 rings (SSSR count). The number of carbonyl (C=O) groups is 1. The zero-order chi connectivity index (χ0) is 24.1. The van der Waals surface area contributed by atoms with Crippen LogP contribution in [0.4, 0.5) is 4.79 Å². The topological polar surface area (TPSA) is 89.7 Å². The minimum absolute atomic E-state index is 0.187. The maximum absolute atomic E-state index is 13.0. The average molecular weight is 483 g/mol. The smallest absolute Gasteiger partial charge is 0.322 e. The molecule has 0 radical (unpaired) electrons. The summed E-state index contributed by atoms with van der Waals surface area (Å²) < 4.78 is 16.4. The molecule has 3 aromatic rings. The molecule has 178 valence electrons. The largest absolute Gasteiger partial charge is 0.497 e. The van der Waals surface area contributed by atoms with Gasteiger partial charge in [-0.25, -0.2) is 4.79 Å². The predicted octanol–water partition coefficient (Wildman–Crippen LogP) is 5.32. The number of rotatable bonds is 9. The summed E-state index contributed by atoms with van der Waals surface area (Å²) in [6.07, 6.45) is 0.707. The predicted molar refractivity (Wildman–Crippen MR) is 129 cm³/mol. The van der Waals surface area contributed by atoms with Crippen LogP contribution in [-0.4, -0.2) is 47.9 Å². The molecular formula is C25H27ClN4O4. The van der Waals surface area contributed by atoms with Crippen molar-refractivity contribution in [3.05, 3.63) is 70.7 Å². The minimum atomic E-state index is -0.461. The van der Waals surface area contributed by atoms with Crippen molar-refractivity contribution in [1.29, 1.82) is 0 Å². The summed E-state index contributed by atoms with van der Waals surface area (Å²) in [6.45, 7) is 5.57. The van der Waals surface area contributed by atoms with Crippen LogP contribution in [0, 0.1) is 0 Å². The number of urea groups is 1. The Bertz CT molecular complexity index is 1160. The molecule has 1 N–H and O–H groups in total. The van der Waals surface area contributed by atoms with Crippen LogP contribution in [0.25, 0.3) is 17.0 Å². The summed E-state index contributed by atoms with van der Waals surface area (Å²) in [5.74, 6) is 1.54. The summed E-state index contributed by atoms with van der Waals surface area (Å²) in [7, 11) is 1.62. The number of ether oxygens (including phenoxy) is 2. The fourth-order valence-electron chi connectivity index (χ4n) is 3.89. The number of allylic oxidation sites excluding steroid dienone is 1. The molecule has 9 heteroatoms. The van der Waals surface area contributed by atoms with Crippen LogP contribution in [0.15, 0.2) is 58.8 Å². The van der Waals surface area contributed by atoms with E-state index in [2.05, 4.69) is 15.5 Å². The zero-order valence-corrected chi connectivity index (χ0v) is 20.1. The molecule has 1 aliphatic rings. The molecule has 0 aliphatic carbocycles. The first kappa shape index (κ1) is 23.8. The number of amides is 2. The molecule has 34 heavy (non-hydrogen) atoms. The van der Waals surface area contributed by atoms with E-state index >= 15 is 0 Å². The Labute approximate surface area is 203 Å². The number of hydrogen-bond acceptors (Lipinski definition) is 6. The molecule has 8 nitrogen and oxygen atoms in total. The van der Waals surface area contributed by atoms with Crippen LogP contribution in [0.5, 0.6) is 5.75 Å². The molecule has 1 atom stereocenters. The van der Waals surface area contributed by atoms with Crippen molar-refractivity contribution in [3.63, 3.8) is 0 Å². The number of halogens is 1. The van der Waals surface area contributed by atoms with Crippen molar-refractivity contribution < 1.29 is 18.8 Å². The van der Waals surface area contributed by atoms with Gasteiger partial charge in [-0.15, -0.1) is 0 Å². The van der Waals surface area contributed by atoms with Crippen molar-refractivity contribution in [3.8, 4) is 17.1 Å². The van der Waals surface area contributed by atoms with Gasteiger partial charge in [0.2, 0.25) is 5.82 Å². The molecule has 0 bridgehead atoms. The molecule has 0 saturated heterocycles. The van der Waals surface area contributed by atoms with Gasteiger partial charge < -0.3 is 19.3 Å². The summed E-state index contributed by atoms with van der Waals surface area (Å²) in [4.78, 5) is 19.4. The van der Waals surface area contributed by atoms with Crippen LogP contribution >= 0.6 is 11.6 Å². The van der Waals surface area contributed by atoms with Crippen LogP contribution in [0.1, 0.15) is 37.8 Å². The van der Waals surface area contributed by atoms with E-state index in [0.29, 0.717) is 42.9 Å². The van der Waals surface area contributed by atoms with E-state index in [1.54, 1.807) is 24.1 Å². The minimum Gasteiger partial charge on any atom is -0.497 e. The van der Waals surface area contributed by atoms with Gasteiger partial charge in [0.25, 0.3) is 5.89 Å². The van der Waals surface area contributed by atoms with Gasteiger partial charge in [0, 0.05) is 36.0 Å². The first-order chi connectivity index (χ1) is 16.5. The van der Waals surface area contributed by atoms with Gasteiger partial charge in [-0.3, -0.25) is 4.90 Å². The lowest BCUT2D eigenvalue weighted by Crippen LogP contribution is -2.46. The van der Waals surface area contributed by atoms with Crippen LogP contribution < -0.4 is 10.1 Å². The number of aromatic nitrogens is 2. The molecule has 2 aromatic carbocycles. The van der Waals surface area contributed by atoms with E-state index in [1.807, 2.05) is 50.2 Å². The molecule has 1 aliphatic heterocycles. The Morgan fingerprint density at radius 3 is 2.56 bits per heavy atom. The molecule has 0 saturated carbocycles. The van der Waals surface area contributed by atoms with E-state index in [-0.39, 0.29) is 6.03 Å². The Hall–Kier alpha value is -3.36. The highest BCUT2D eigenvalue weighted by molar-refractivity contribution is 6.30. The maximum atomic E-state index is 13.0. The van der Waals surface area contributed by atoms with Crippen molar-refractivity contribution in [1.82, 2.24) is 20.4 Å². The van der Waals surface area contributed by atoms with Gasteiger partial charge in [-0.2, -0.15) is 4.98 Å². The van der Waals surface area contributed by atoms with Crippen molar-refractivity contribution in [2.75, 3.05) is 26.9 Å². The number of nitrogens with one attached hydrogen (secondary N) is 1. The zero-order valence-electron chi connectivity index (χ0n) is 19.4. The number of methoxy groups -OCH3 is 1. The van der Waals surface area contributed by atoms with Crippen molar-refractivity contribution in [2.45, 2.75) is 26.3 Å². The molecule has 2 amide bonds. The second-order valence-corrected chi connectivity index (χ2v) is 8.22. The van der Waals surface area contributed by atoms with Crippen molar-refractivity contribution >= 4 is 23.2 Å². The van der Waals surface area contributed by atoms with Gasteiger partial charge >= 0.3 is 6.03 Å². The normalized spacial score (nSPS) is 16.1. The molecule has 1 unspecified atom stereocenters. The van der Waals surface area contributed by atoms with Gasteiger partial charge in [0.1, 0.15) is 5.75 Å². The fraction of sp³-hybridized carbons (Fsp3) is 0.320. The first-order valence-corrected chi connectivity index (χ1v) is 11.5. The second kappa shape index (κ2) is 10.7. The third-order valence-electron chi connectivity index (χ3n) is 5.68. The summed E-state index contributed by atoms with van der Waals surface area (Å²) >= 11 is 6.09. The fourth-order valence-corrected chi connectivity index (χ4v) is 4.02. The van der Waals surface area contributed by atoms with Gasteiger partial charge in [-0.05, 0) is 62.2 Å². The summed E-state index contributed by atoms with van der Waals surface area (Å²) in [5, 5.41) is 7.89. The Kier molecular flexibility index (Phi) is 7.49. The third-order valence-corrected chi connectivity index (χ3v) is 5.93. The molecule has 0 spiro atoms. The Morgan fingerprint density at radius 1 is 1.15 bits per heavy atom. The molecule has 1 aromatic heterocycles.